The first-order valence-corrected chi connectivity index (χ1v) is 7.38. The average Bonchev–Trinajstić information content (AvgIpc) is 2.79. The second kappa shape index (κ2) is 8.26. The van der Waals surface area contributed by atoms with E-state index in [1.165, 1.54) is 5.57 Å². The summed E-state index contributed by atoms with van der Waals surface area (Å²) in [6, 6.07) is 0. The van der Waals surface area contributed by atoms with Gasteiger partial charge in [0.25, 0.3) is 0 Å². The first kappa shape index (κ1) is 15.2. The highest BCUT2D eigenvalue weighted by molar-refractivity contribution is 7.99. The highest BCUT2D eigenvalue weighted by Gasteiger charge is 2.06. The lowest BCUT2D eigenvalue weighted by Gasteiger charge is -2.08. The van der Waals surface area contributed by atoms with Crippen LogP contribution >= 0.6 is 11.8 Å². The third kappa shape index (κ3) is 5.64. The van der Waals surface area contributed by atoms with E-state index >= 15 is 0 Å². The molecule has 0 aliphatic heterocycles. The number of nitrogens with zero attached hydrogens (tertiary/aromatic N) is 4. The van der Waals surface area contributed by atoms with Gasteiger partial charge >= 0.3 is 0 Å². The average molecular weight is 269 g/mol. The minimum Gasteiger partial charge on any atom is -0.315 e. The van der Waals surface area contributed by atoms with Crippen LogP contribution in [0.15, 0.2) is 17.3 Å². The van der Waals surface area contributed by atoms with Crippen molar-refractivity contribution in [3.8, 4) is 0 Å². The van der Waals surface area contributed by atoms with Crippen molar-refractivity contribution in [2.24, 2.45) is 5.92 Å². The lowest BCUT2D eigenvalue weighted by molar-refractivity contribution is 0.482. The molecular formula is C12H23N5S. The van der Waals surface area contributed by atoms with Gasteiger partial charge < -0.3 is 5.32 Å². The van der Waals surface area contributed by atoms with Gasteiger partial charge in [0.15, 0.2) is 0 Å². The summed E-state index contributed by atoms with van der Waals surface area (Å²) < 4.78 is 1.85. The second-order valence-corrected chi connectivity index (χ2v) is 5.62. The largest absolute Gasteiger partial charge is 0.315 e. The van der Waals surface area contributed by atoms with E-state index in [-0.39, 0.29) is 0 Å². The molecule has 0 fully saturated rings. The van der Waals surface area contributed by atoms with E-state index < -0.39 is 0 Å². The van der Waals surface area contributed by atoms with Gasteiger partial charge in [-0.1, -0.05) is 44.7 Å². The zero-order valence-electron chi connectivity index (χ0n) is 11.5. The van der Waals surface area contributed by atoms with Gasteiger partial charge in [-0.15, -0.1) is 5.10 Å². The van der Waals surface area contributed by atoms with Gasteiger partial charge in [-0.05, 0) is 29.3 Å². The summed E-state index contributed by atoms with van der Waals surface area (Å²) in [5.74, 6) is 1.55. The van der Waals surface area contributed by atoms with E-state index in [4.69, 9.17) is 0 Å². The Kier molecular flexibility index (Phi) is 6.97. The number of nitrogens with one attached hydrogen (secondary N) is 1. The summed E-state index contributed by atoms with van der Waals surface area (Å²) in [6.45, 7) is 13.2. The van der Waals surface area contributed by atoms with Gasteiger partial charge in [0.05, 0.1) is 6.54 Å². The molecular weight excluding hydrogens is 246 g/mol. The fourth-order valence-electron chi connectivity index (χ4n) is 1.28. The van der Waals surface area contributed by atoms with Crippen molar-refractivity contribution in [3.63, 3.8) is 0 Å². The maximum absolute atomic E-state index is 4.03. The molecule has 0 amide bonds. The number of thioether (sulfide) groups is 1. The minimum atomic E-state index is 0.667. The van der Waals surface area contributed by atoms with Gasteiger partial charge in [-0.3, -0.25) is 0 Å². The summed E-state index contributed by atoms with van der Waals surface area (Å²) in [7, 11) is 0. The number of rotatable bonds is 9. The van der Waals surface area contributed by atoms with Gasteiger partial charge in [-0.2, -0.15) is 0 Å². The molecule has 0 radical (unpaired) electrons. The van der Waals surface area contributed by atoms with Crippen molar-refractivity contribution in [2.75, 3.05) is 18.8 Å². The van der Waals surface area contributed by atoms with E-state index in [9.17, 15) is 0 Å². The maximum Gasteiger partial charge on any atom is 0.209 e. The fraction of sp³-hybridized carbons (Fsp3) is 0.750. The first-order chi connectivity index (χ1) is 8.63. The molecule has 102 valence electrons. The quantitative estimate of drug-likeness (QED) is 0.422. The van der Waals surface area contributed by atoms with E-state index in [1.807, 2.05) is 4.68 Å². The second-order valence-electron chi connectivity index (χ2n) is 4.67. The molecule has 1 aromatic rings. The highest BCUT2D eigenvalue weighted by atomic mass is 32.2. The van der Waals surface area contributed by atoms with E-state index in [2.05, 4.69) is 48.2 Å². The van der Waals surface area contributed by atoms with Crippen LogP contribution in [0, 0.1) is 5.92 Å². The summed E-state index contributed by atoms with van der Waals surface area (Å²) in [4.78, 5) is 0. The van der Waals surface area contributed by atoms with Crippen LogP contribution in [0.2, 0.25) is 0 Å². The molecule has 18 heavy (non-hydrogen) atoms. The Morgan fingerprint density at radius 3 is 2.94 bits per heavy atom. The van der Waals surface area contributed by atoms with Crippen LogP contribution in [0.4, 0.5) is 0 Å². The molecule has 6 heteroatoms. The summed E-state index contributed by atoms with van der Waals surface area (Å²) in [6.07, 6.45) is 1.00. The zero-order valence-corrected chi connectivity index (χ0v) is 12.3. The lowest BCUT2D eigenvalue weighted by Crippen LogP contribution is -2.24. The molecule has 5 nitrogen and oxygen atoms in total. The minimum absolute atomic E-state index is 0.667. The monoisotopic (exact) mass is 269 g/mol. The van der Waals surface area contributed by atoms with E-state index in [1.54, 1.807) is 11.8 Å². The summed E-state index contributed by atoms with van der Waals surface area (Å²) >= 11 is 1.65. The highest BCUT2D eigenvalue weighted by Crippen LogP contribution is 2.17. The Morgan fingerprint density at radius 1 is 1.50 bits per heavy atom. The maximum atomic E-state index is 4.03. The van der Waals surface area contributed by atoms with Crippen LogP contribution in [-0.2, 0) is 6.54 Å². The van der Waals surface area contributed by atoms with Gasteiger partial charge in [-0.25, -0.2) is 4.68 Å². The zero-order chi connectivity index (χ0) is 13.4. The normalized spacial score (nSPS) is 11.1. The van der Waals surface area contributed by atoms with Crippen LogP contribution in [0.1, 0.15) is 27.2 Å². The van der Waals surface area contributed by atoms with Crippen LogP contribution in [0.25, 0.3) is 0 Å². The molecule has 0 saturated carbocycles. The Bertz CT molecular complexity index is 361. The number of hydrogen-bond donors (Lipinski definition) is 1. The molecule has 0 saturated heterocycles. The van der Waals surface area contributed by atoms with Gasteiger partial charge in [0, 0.05) is 12.3 Å². The fourth-order valence-corrected chi connectivity index (χ4v) is 2.19. The molecule has 0 aliphatic rings. The lowest BCUT2D eigenvalue weighted by atomic mass is 10.2. The number of tetrazole rings is 1. The molecule has 0 unspecified atom stereocenters. The smallest absolute Gasteiger partial charge is 0.209 e. The summed E-state index contributed by atoms with van der Waals surface area (Å²) in [5.41, 5.74) is 1.22. The molecule has 0 aliphatic carbocycles. The van der Waals surface area contributed by atoms with Crippen molar-refractivity contribution in [2.45, 2.75) is 38.9 Å². The Labute approximate surface area is 113 Å². The topological polar surface area (TPSA) is 55.6 Å². The van der Waals surface area contributed by atoms with Crippen LogP contribution in [0.5, 0.6) is 0 Å². The number of aromatic nitrogens is 4. The van der Waals surface area contributed by atoms with Crippen molar-refractivity contribution in [1.82, 2.24) is 25.5 Å². The van der Waals surface area contributed by atoms with Crippen LogP contribution in [-0.4, -0.2) is 39.0 Å². The predicted molar refractivity (Wildman–Crippen MR) is 75.7 cm³/mol. The Balaban J connectivity index is 2.33. The third-order valence-electron chi connectivity index (χ3n) is 2.46. The standard InChI is InChI=1S/C12H23N5S/c1-5-11(4)9-18-12-14-15-16-17(12)7-6-13-8-10(2)3/h10,13H,4-9H2,1-3H3. The molecule has 0 aromatic carbocycles. The van der Waals surface area contributed by atoms with Crippen LogP contribution < -0.4 is 5.32 Å². The molecule has 1 N–H and O–H groups in total. The van der Waals surface area contributed by atoms with E-state index in [0.29, 0.717) is 5.92 Å². The van der Waals surface area contributed by atoms with Crippen molar-refractivity contribution in [1.29, 1.82) is 0 Å². The molecule has 1 rings (SSSR count). The van der Waals surface area contributed by atoms with Gasteiger partial charge in [0.1, 0.15) is 0 Å². The molecule has 0 spiro atoms. The Hall–Kier alpha value is -0.880. The first-order valence-electron chi connectivity index (χ1n) is 6.39. The number of hydrogen-bond acceptors (Lipinski definition) is 5. The third-order valence-corrected chi connectivity index (χ3v) is 3.56. The summed E-state index contributed by atoms with van der Waals surface area (Å²) in [5, 5.41) is 16.0. The molecule has 0 bridgehead atoms. The van der Waals surface area contributed by atoms with Crippen molar-refractivity contribution >= 4 is 11.8 Å². The van der Waals surface area contributed by atoms with Gasteiger partial charge in [0.2, 0.25) is 5.16 Å². The molecule has 1 aromatic heterocycles. The SMILES string of the molecule is C=C(CC)CSc1nnnn1CCNCC(C)C. The van der Waals surface area contributed by atoms with E-state index in [0.717, 1.165) is 37.0 Å². The predicted octanol–water partition coefficient (Wildman–Crippen LogP) is 1.98. The van der Waals surface area contributed by atoms with Crippen LogP contribution in [0.3, 0.4) is 0 Å². The molecule has 0 atom stereocenters. The molecule has 1 heterocycles. The van der Waals surface area contributed by atoms with Crippen molar-refractivity contribution in [3.05, 3.63) is 12.2 Å². The Morgan fingerprint density at radius 2 is 2.28 bits per heavy atom. The van der Waals surface area contributed by atoms with Crippen molar-refractivity contribution < 1.29 is 0 Å².